The van der Waals surface area contributed by atoms with Crippen LogP contribution in [0.2, 0.25) is 0 Å². The highest BCUT2D eigenvalue weighted by molar-refractivity contribution is 7.83. The third kappa shape index (κ3) is 1.82. The van der Waals surface area contributed by atoms with Crippen LogP contribution in [-0.2, 0) is 11.0 Å². The van der Waals surface area contributed by atoms with Crippen molar-refractivity contribution in [3.05, 3.63) is 0 Å². The van der Waals surface area contributed by atoms with Crippen LogP contribution in [0.25, 0.3) is 0 Å². The van der Waals surface area contributed by atoms with Gasteiger partial charge >= 0.3 is 0 Å². The first-order valence-corrected chi connectivity index (χ1v) is 5.70. The van der Waals surface area contributed by atoms with Gasteiger partial charge in [-0.05, 0) is 12.8 Å². The van der Waals surface area contributed by atoms with Crippen LogP contribution in [0.3, 0.4) is 0 Å². The van der Waals surface area contributed by atoms with Gasteiger partial charge in [-0.25, -0.2) is 8.51 Å². The highest BCUT2D eigenvalue weighted by Gasteiger charge is 2.30. The third-order valence-corrected chi connectivity index (χ3v) is 4.41. The Morgan fingerprint density at radius 3 is 2.27 bits per heavy atom. The first-order chi connectivity index (χ1) is 5.38. The van der Waals surface area contributed by atoms with Crippen LogP contribution in [0.5, 0.6) is 0 Å². The van der Waals surface area contributed by atoms with E-state index in [4.69, 9.17) is 0 Å². The minimum atomic E-state index is -0.614. The molecule has 0 radical (unpaired) electrons. The van der Waals surface area contributed by atoms with Gasteiger partial charge in [0.2, 0.25) is 0 Å². The molecule has 0 amide bonds. The molecule has 2 nitrogen and oxygen atoms in total. The topological polar surface area (TPSA) is 20.1 Å². The molecule has 0 aromatic carbocycles. The Balaban J connectivity index is 1.86. The molecule has 1 aliphatic heterocycles. The summed E-state index contributed by atoms with van der Waals surface area (Å²) in [6, 6.07) is 0. The van der Waals surface area contributed by atoms with E-state index < -0.39 is 11.0 Å². The second kappa shape index (κ2) is 3.23. The van der Waals surface area contributed by atoms with Crippen LogP contribution in [-0.4, -0.2) is 26.9 Å². The number of nitrogens with zero attached hydrogens (tertiary/aromatic N) is 1. The summed E-state index contributed by atoms with van der Waals surface area (Å²) in [5.41, 5.74) is 0. The van der Waals surface area contributed by atoms with Gasteiger partial charge in [0.05, 0.1) is 11.0 Å². The largest absolute Gasteiger partial charge is 0.242 e. The SMILES string of the molecule is O=S(C1CCCCC1)N1CC1. The fraction of sp³-hybridized carbons (Fsp3) is 1.00. The zero-order chi connectivity index (χ0) is 7.68. The second-order valence-corrected chi connectivity index (χ2v) is 5.20. The van der Waals surface area contributed by atoms with Gasteiger partial charge in [-0.3, -0.25) is 0 Å². The minimum absolute atomic E-state index is 0.506. The van der Waals surface area contributed by atoms with E-state index in [9.17, 15) is 4.21 Å². The lowest BCUT2D eigenvalue weighted by atomic mass is 10.0. The molecule has 0 bridgehead atoms. The van der Waals surface area contributed by atoms with E-state index in [1.54, 1.807) is 0 Å². The number of rotatable bonds is 2. The first kappa shape index (κ1) is 7.74. The molecule has 1 aliphatic carbocycles. The molecule has 64 valence electrons. The van der Waals surface area contributed by atoms with Crippen molar-refractivity contribution >= 4 is 11.0 Å². The minimum Gasteiger partial charge on any atom is -0.242 e. The highest BCUT2D eigenvalue weighted by Crippen LogP contribution is 2.25. The van der Waals surface area contributed by atoms with Crippen molar-refractivity contribution in [3.8, 4) is 0 Å². The summed E-state index contributed by atoms with van der Waals surface area (Å²) in [6.07, 6.45) is 6.34. The average molecular weight is 173 g/mol. The Morgan fingerprint density at radius 2 is 1.73 bits per heavy atom. The molecule has 1 atom stereocenters. The maximum atomic E-state index is 11.6. The van der Waals surface area contributed by atoms with Gasteiger partial charge in [-0.1, -0.05) is 19.3 Å². The molecule has 0 aromatic rings. The average Bonchev–Trinajstić information content (AvgIpc) is 2.87. The van der Waals surface area contributed by atoms with E-state index in [0.717, 1.165) is 13.1 Å². The Morgan fingerprint density at radius 1 is 1.09 bits per heavy atom. The molecule has 3 heteroatoms. The van der Waals surface area contributed by atoms with E-state index >= 15 is 0 Å². The standard InChI is InChI=1S/C8H15NOS/c10-11(9-6-7-9)8-4-2-1-3-5-8/h8H,1-7H2. The number of hydrogen-bond acceptors (Lipinski definition) is 1. The Hall–Kier alpha value is 0.110. The summed E-state index contributed by atoms with van der Waals surface area (Å²) in [4.78, 5) is 0. The van der Waals surface area contributed by atoms with Crippen molar-refractivity contribution in [2.75, 3.05) is 13.1 Å². The van der Waals surface area contributed by atoms with E-state index in [2.05, 4.69) is 4.31 Å². The summed E-state index contributed by atoms with van der Waals surface area (Å²) >= 11 is 0. The third-order valence-electron chi connectivity index (χ3n) is 2.50. The van der Waals surface area contributed by atoms with Crippen LogP contribution >= 0.6 is 0 Å². The predicted octanol–water partition coefficient (Wildman–Crippen LogP) is 1.30. The zero-order valence-corrected chi connectivity index (χ0v) is 7.61. The van der Waals surface area contributed by atoms with Gasteiger partial charge in [0.1, 0.15) is 0 Å². The summed E-state index contributed by atoms with van der Waals surface area (Å²) in [5, 5.41) is 0.506. The molecule has 2 rings (SSSR count). The first-order valence-electron chi connectivity index (χ1n) is 4.53. The lowest BCUT2D eigenvalue weighted by Crippen LogP contribution is -2.23. The van der Waals surface area contributed by atoms with Crippen LogP contribution in [0.4, 0.5) is 0 Å². The lowest BCUT2D eigenvalue weighted by molar-refractivity contribution is 0.497. The van der Waals surface area contributed by atoms with E-state index in [1.165, 1.54) is 32.1 Å². The van der Waals surface area contributed by atoms with E-state index in [0.29, 0.717) is 5.25 Å². The molecule has 2 aliphatic rings. The summed E-state index contributed by atoms with van der Waals surface area (Å²) in [7, 11) is -0.614. The molecule has 2 fully saturated rings. The molecule has 1 unspecified atom stereocenters. The fourth-order valence-corrected chi connectivity index (χ4v) is 3.30. The van der Waals surface area contributed by atoms with Gasteiger partial charge in [-0.15, -0.1) is 0 Å². The molecule has 11 heavy (non-hydrogen) atoms. The van der Waals surface area contributed by atoms with Crippen molar-refractivity contribution in [1.29, 1.82) is 0 Å². The molecule has 0 N–H and O–H groups in total. The van der Waals surface area contributed by atoms with Crippen molar-refractivity contribution in [2.24, 2.45) is 0 Å². The fourth-order valence-electron chi connectivity index (χ4n) is 1.70. The Bertz CT molecular complexity index is 161. The lowest BCUT2D eigenvalue weighted by Gasteiger charge is -2.20. The van der Waals surface area contributed by atoms with E-state index in [-0.39, 0.29) is 0 Å². The predicted molar refractivity (Wildman–Crippen MR) is 46.6 cm³/mol. The molecule has 1 saturated carbocycles. The van der Waals surface area contributed by atoms with Gasteiger partial charge in [0, 0.05) is 18.3 Å². The quantitative estimate of drug-likeness (QED) is 0.576. The molecular weight excluding hydrogens is 158 g/mol. The molecule has 1 saturated heterocycles. The smallest absolute Gasteiger partial charge is 0.0975 e. The second-order valence-electron chi connectivity index (χ2n) is 3.47. The van der Waals surface area contributed by atoms with Crippen LogP contribution in [0, 0.1) is 0 Å². The molecule has 1 heterocycles. The summed E-state index contributed by atoms with van der Waals surface area (Å²) in [6.45, 7) is 2.15. The van der Waals surface area contributed by atoms with E-state index in [1.807, 2.05) is 0 Å². The highest BCUT2D eigenvalue weighted by atomic mass is 32.2. The maximum Gasteiger partial charge on any atom is 0.0975 e. The van der Waals surface area contributed by atoms with Crippen molar-refractivity contribution in [1.82, 2.24) is 4.31 Å². The van der Waals surface area contributed by atoms with Gasteiger partial charge in [0.15, 0.2) is 0 Å². The van der Waals surface area contributed by atoms with Crippen LogP contribution in [0.15, 0.2) is 0 Å². The van der Waals surface area contributed by atoms with Crippen molar-refractivity contribution in [3.63, 3.8) is 0 Å². The van der Waals surface area contributed by atoms with Crippen molar-refractivity contribution in [2.45, 2.75) is 37.4 Å². The summed E-state index contributed by atoms with van der Waals surface area (Å²) in [5.74, 6) is 0. The summed E-state index contributed by atoms with van der Waals surface area (Å²) < 4.78 is 13.7. The van der Waals surface area contributed by atoms with Crippen molar-refractivity contribution < 1.29 is 4.21 Å². The van der Waals surface area contributed by atoms with Crippen LogP contribution < -0.4 is 0 Å². The molecule has 0 aromatic heterocycles. The molecular formula is C8H15NOS. The van der Waals surface area contributed by atoms with Gasteiger partial charge in [-0.2, -0.15) is 0 Å². The zero-order valence-electron chi connectivity index (χ0n) is 6.79. The Labute approximate surface area is 70.6 Å². The number of hydrogen-bond donors (Lipinski definition) is 0. The van der Waals surface area contributed by atoms with Crippen LogP contribution in [0.1, 0.15) is 32.1 Å². The normalized spacial score (nSPS) is 30.2. The maximum absolute atomic E-state index is 11.6. The monoisotopic (exact) mass is 173 g/mol. The Kier molecular flexibility index (Phi) is 2.28. The van der Waals surface area contributed by atoms with Gasteiger partial charge < -0.3 is 0 Å². The van der Waals surface area contributed by atoms with Gasteiger partial charge in [0.25, 0.3) is 0 Å². The molecule has 0 spiro atoms.